The first kappa shape index (κ1) is 13.3. The number of nitrogen functional groups attached to an aromatic ring is 1. The molecule has 1 aliphatic heterocycles. The van der Waals surface area contributed by atoms with Crippen LogP contribution >= 0.6 is 11.6 Å². The van der Waals surface area contributed by atoms with Gasteiger partial charge in [0, 0.05) is 40.4 Å². The van der Waals surface area contributed by atoms with E-state index in [4.69, 9.17) is 17.4 Å². The van der Waals surface area contributed by atoms with Gasteiger partial charge in [-0.2, -0.15) is 0 Å². The van der Waals surface area contributed by atoms with Gasteiger partial charge < -0.3 is 10.3 Å². The van der Waals surface area contributed by atoms with E-state index in [1.807, 2.05) is 0 Å². The normalized spacial score (nSPS) is 16.7. The van der Waals surface area contributed by atoms with Gasteiger partial charge in [-0.05, 0) is 18.2 Å². The highest BCUT2D eigenvalue weighted by molar-refractivity contribution is 7.85. The van der Waals surface area contributed by atoms with Crippen molar-refractivity contribution in [1.29, 1.82) is 0 Å². The molecular formula is C11H14ClN3O2S. The zero-order valence-electron chi connectivity index (χ0n) is 9.69. The Hall–Kier alpha value is -1.11. The fraction of sp³-hybridized carbons (Fsp3) is 0.364. The van der Waals surface area contributed by atoms with E-state index in [1.54, 1.807) is 23.1 Å². The third kappa shape index (κ3) is 2.82. The molecule has 1 aliphatic rings. The Morgan fingerprint density at radius 1 is 1.39 bits per heavy atom. The number of benzene rings is 1. The first-order valence-electron chi connectivity index (χ1n) is 5.52. The molecule has 0 saturated carbocycles. The van der Waals surface area contributed by atoms with Crippen LogP contribution in [-0.2, 0) is 10.8 Å². The average Bonchev–Trinajstić information content (AvgIpc) is 2.39. The van der Waals surface area contributed by atoms with Gasteiger partial charge in [-0.25, -0.2) is 0 Å². The number of halogens is 1. The maximum atomic E-state index is 12.3. The van der Waals surface area contributed by atoms with Crippen LogP contribution in [0.4, 0.5) is 5.69 Å². The molecule has 1 saturated heterocycles. The number of carbonyl (C=O) groups excluding carboxylic acids is 1. The molecule has 0 atom stereocenters. The third-order valence-electron chi connectivity index (χ3n) is 2.83. The Labute approximate surface area is 113 Å². The molecule has 0 aliphatic carbocycles. The van der Waals surface area contributed by atoms with Crippen LogP contribution in [0, 0.1) is 0 Å². The number of nitrogens with zero attached hydrogens (tertiary/aromatic N) is 1. The topological polar surface area (TPSA) is 75.4 Å². The first-order chi connectivity index (χ1) is 8.61. The molecule has 1 heterocycles. The lowest BCUT2D eigenvalue weighted by Crippen LogP contribution is -2.42. The van der Waals surface area contributed by atoms with E-state index < -0.39 is 10.8 Å². The third-order valence-corrected chi connectivity index (χ3v) is 4.34. The van der Waals surface area contributed by atoms with Crippen molar-refractivity contribution >= 4 is 34.0 Å². The van der Waals surface area contributed by atoms with Crippen molar-refractivity contribution in [2.45, 2.75) is 0 Å². The Bertz CT molecular complexity index is 485. The quantitative estimate of drug-likeness (QED) is 0.624. The van der Waals surface area contributed by atoms with Crippen LogP contribution < -0.4 is 11.3 Å². The lowest BCUT2D eigenvalue weighted by Gasteiger charge is -2.27. The van der Waals surface area contributed by atoms with Gasteiger partial charge in [-0.1, -0.05) is 11.6 Å². The number of hydrazine groups is 1. The summed E-state index contributed by atoms with van der Waals surface area (Å²) in [6.45, 7) is 1.00. The van der Waals surface area contributed by atoms with E-state index in [2.05, 4.69) is 5.43 Å². The van der Waals surface area contributed by atoms with Gasteiger partial charge >= 0.3 is 0 Å². The summed E-state index contributed by atoms with van der Waals surface area (Å²) in [4.78, 5) is 14.0. The summed E-state index contributed by atoms with van der Waals surface area (Å²) in [5.41, 5.74) is 3.47. The van der Waals surface area contributed by atoms with Crippen molar-refractivity contribution in [3.63, 3.8) is 0 Å². The summed E-state index contributed by atoms with van der Waals surface area (Å²) in [5, 5.41) is 0.484. The number of nitrogens with two attached hydrogens (primary N) is 1. The van der Waals surface area contributed by atoms with Crippen molar-refractivity contribution in [2.75, 3.05) is 30.0 Å². The van der Waals surface area contributed by atoms with E-state index in [0.29, 0.717) is 40.9 Å². The minimum atomic E-state index is -0.806. The van der Waals surface area contributed by atoms with Gasteiger partial charge in [-0.3, -0.25) is 14.8 Å². The monoisotopic (exact) mass is 287 g/mol. The molecule has 1 aromatic carbocycles. The smallest absolute Gasteiger partial charge is 0.256 e. The molecule has 0 aromatic heterocycles. The minimum absolute atomic E-state index is 0.137. The summed E-state index contributed by atoms with van der Waals surface area (Å²) in [6.07, 6.45) is 0. The number of anilines is 1. The van der Waals surface area contributed by atoms with Crippen molar-refractivity contribution in [1.82, 2.24) is 4.90 Å². The minimum Gasteiger partial charge on any atom is -0.337 e. The second-order valence-corrected chi connectivity index (χ2v) is 6.11. The largest absolute Gasteiger partial charge is 0.337 e. The Morgan fingerprint density at radius 3 is 2.67 bits per heavy atom. The summed E-state index contributed by atoms with van der Waals surface area (Å²) in [5.74, 6) is 6.29. The van der Waals surface area contributed by atoms with Crippen LogP contribution in [0.25, 0.3) is 0 Å². The molecule has 5 nitrogen and oxygen atoms in total. The van der Waals surface area contributed by atoms with Gasteiger partial charge in [0.15, 0.2) is 0 Å². The second kappa shape index (κ2) is 5.69. The predicted octanol–water partition coefficient (Wildman–Crippen LogP) is 0.830. The predicted molar refractivity (Wildman–Crippen MR) is 73.0 cm³/mol. The van der Waals surface area contributed by atoms with Gasteiger partial charge in [-0.15, -0.1) is 0 Å². The molecule has 2 rings (SSSR count). The Kier molecular flexibility index (Phi) is 4.21. The average molecular weight is 288 g/mol. The lowest BCUT2D eigenvalue weighted by molar-refractivity contribution is 0.0772. The second-order valence-electron chi connectivity index (χ2n) is 3.97. The number of carbonyl (C=O) groups is 1. The van der Waals surface area contributed by atoms with Gasteiger partial charge in [0.05, 0.1) is 11.3 Å². The van der Waals surface area contributed by atoms with Crippen LogP contribution in [0.15, 0.2) is 18.2 Å². The molecule has 1 amide bonds. The molecule has 0 bridgehead atoms. The maximum absolute atomic E-state index is 12.3. The van der Waals surface area contributed by atoms with Crippen LogP contribution in [-0.4, -0.2) is 39.6 Å². The molecule has 7 heteroatoms. The number of hydrogen-bond donors (Lipinski definition) is 2. The van der Waals surface area contributed by atoms with Crippen molar-refractivity contribution < 1.29 is 9.00 Å². The van der Waals surface area contributed by atoms with Crippen molar-refractivity contribution in [3.8, 4) is 0 Å². The van der Waals surface area contributed by atoms with Crippen molar-refractivity contribution in [2.24, 2.45) is 5.84 Å². The van der Waals surface area contributed by atoms with Gasteiger partial charge in [0.1, 0.15) is 0 Å². The fourth-order valence-electron chi connectivity index (χ4n) is 1.83. The standard InChI is InChI=1S/C11H14ClN3O2S/c12-8-1-2-10(14-13)9(7-8)11(16)15-3-5-18(17)6-4-15/h1-2,7,14H,3-6,13H2. The zero-order valence-corrected chi connectivity index (χ0v) is 11.3. The Morgan fingerprint density at radius 2 is 2.06 bits per heavy atom. The number of rotatable bonds is 2. The SMILES string of the molecule is NNc1ccc(Cl)cc1C(=O)N1CCS(=O)CC1. The van der Waals surface area contributed by atoms with Gasteiger partial charge in [0.2, 0.25) is 0 Å². The molecule has 0 spiro atoms. The van der Waals surface area contributed by atoms with E-state index in [-0.39, 0.29) is 5.91 Å². The van der Waals surface area contributed by atoms with E-state index in [1.165, 1.54) is 0 Å². The lowest BCUT2D eigenvalue weighted by atomic mass is 10.1. The highest BCUT2D eigenvalue weighted by Gasteiger charge is 2.23. The maximum Gasteiger partial charge on any atom is 0.256 e. The highest BCUT2D eigenvalue weighted by atomic mass is 35.5. The first-order valence-corrected chi connectivity index (χ1v) is 7.39. The highest BCUT2D eigenvalue weighted by Crippen LogP contribution is 2.22. The molecule has 1 aromatic rings. The van der Waals surface area contributed by atoms with E-state index >= 15 is 0 Å². The zero-order chi connectivity index (χ0) is 13.1. The molecule has 0 radical (unpaired) electrons. The van der Waals surface area contributed by atoms with Gasteiger partial charge in [0.25, 0.3) is 5.91 Å². The van der Waals surface area contributed by atoms with E-state index in [0.717, 1.165) is 0 Å². The molecule has 1 fully saturated rings. The number of nitrogens with one attached hydrogen (secondary N) is 1. The molecule has 0 unspecified atom stereocenters. The summed E-state index contributed by atoms with van der Waals surface area (Å²) in [7, 11) is -0.806. The Balaban J connectivity index is 2.22. The molecule has 3 N–H and O–H groups in total. The van der Waals surface area contributed by atoms with Crippen molar-refractivity contribution in [3.05, 3.63) is 28.8 Å². The molecular weight excluding hydrogens is 274 g/mol. The molecule has 98 valence electrons. The van der Waals surface area contributed by atoms with Crippen LogP contribution in [0.3, 0.4) is 0 Å². The summed E-state index contributed by atoms with van der Waals surface area (Å²) in [6, 6.07) is 4.92. The summed E-state index contributed by atoms with van der Waals surface area (Å²) >= 11 is 5.89. The van der Waals surface area contributed by atoms with E-state index in [9.17, 15) is 9.00 Å². The number of hydrogen-bond acceptors (Lipinski definition) is 4. The molecule has 18 heavy (non-hydrogen) atoms. The number of amides is 1. The van der Waals surface area contributed by atoms with Crippen LogP contribution in [0.5, 0.6) is 0 Å². The van der Waals surface area contributed by atoms with Crippen LogP contribution in [0.1, 0.15) is 10.4 Å². The van der Waals surface area contributed by atoms with Crippen LogP contribution in [0.2, 0.25) is 5.02 Å². The fourth-order valence-corrected chi connectivity index (χ4v) is 3.05. The summed E-state index contributed by atoms with van der Waals surface area (Å²) < 4.78 is 11.3.